The highest BCUT2D eigenvalue weighted by Gasteiger charge is 2.34. The average molecular weight is 543 g/mol. The number of rotatable bonds is 6. The van der Waals surface area contributed by atoms with E-state index >= 15 is 0 Å². The molecule has 0 aliphatic carbocycles. The van der Waals surface area contributed by atoms with Gasteiger partial charge in [0, 0.05) is 29.2 Å². The van der Waals surface area contributed by atoms with E-state index in [1.165, 1.54) is 31.4 Å². The summed E-state index contributed by atoms with van der Waals surface area (Å²) < 4.78 is 35.1. The number of carboxylic acid groups (broad SMARTS) is 1. The number of aliphatic carboxylic acids is 1. The summed E-state index contributed by atoms with van der Waals surface area (Å²) in [6.45, 7) is 6.99. The van der Waals surface area contributed by atoms with Crippen LogP contribution in [-0.2, 0) is 26.6 Å². The lowest BCUT2D eigenvalue weighted by Gasteiger charge is -2.28. The molecule has 0 saturated heterocycles. The molecular formula is C27H27ClN2O6S. The Hall–Kier alpha value is -3.40. The van der Waals surface area contributed by atoms with Crippen molar-refractivity contribution < 1.29 is 23.1 Å². The molecule has 0 radical (unpaired) electrons. The van der Waals surface area contributed by atoms with Crippen LogP contribution in [0.3, 0.4) is 0 Å². The molecule has 2 heterocycles. The van der Waals surface area contributed by atoms with Crippen molar-refractivity contribution in [1.29, 1.82) is 0 Å². The zero-order valence-electron chi connectivity index (χ0n) is 21.0. The molecule has 2 aromatic carbocycles. The summed E-state index contributed by atoms with van der Waals surface area (Å²) in [6.07, 6.45) is -0.199. The second-order valence-electron chi connectivity index (χ2n) is 9.77. The monoisotopic (exact) mass is 542 g/mol. The first-order valence-corrected chi connectivity index (χ1v) is 13.3. The van der Waals surface area contributed by atoms with Crippen LogP contribution in [0.15, 0.2) is 70.5 Å². The van der Waals surface area contributed by atoms with Gasteiger partial charge < -0.3 is 14.4 Å². The van der Waals surface area contributed by atoms with E-state index < -0.39 is 33.3 Å². The fraction of sp³-hybridized carbons (Fsp3) is 0.259. The van der Waals surface area contributed by atoms with E-state index in [1.807, 2.05) is 6.92 Å². The topological polar surface area (TPSA) is 108 Å². The Morgan fingerprint density at radius 2 is 1.62 bits per heavy atom. The predicted octanol–water partition coefficient (Wildman–Crippen LogP) is 5.15. The number of hydrogen-bond donors (Lipinski definition) is 1. The number of benzene rings is 2. The van der Waals surface area contributed by atoms with Crippen molar-refractivity contribution in [3.8, 4) is 11.1 Å². The Balaban J connectivity index is 2.12. The van der Waals surface area contributed by atoms with Gasteiger partial charge in [-0.3, -0.25) is 4.79 Å². The molecule has 0 aliphatic heterocycles. The number of ether oxygens (including phenoxy) is 1. The molecular weight excluding hydrogens is 516 g/mol. The number of nitrogens with zero attached hydrogens (tertiary/aromatic N) is 2. The molecule has 0 saturated carbocycles. The SMILES string of the molecule is Cc1ccc(S(=O)(=O)n2ccc3c(-c4ccc(Cl)cc4)c(C(OC(C)(C)C)C(=O)O)n(C)c(=O)c32)cc1. The maximum atomic E-state index is 13.7. The highest BCUT2D eigenvalue weighted by molar-refractivity contribution is 7.90. The molecule has 4 rings (SSSR count). The molecule has 194 valence electrons. The number of pyridine rings is 1. The normalized spacial score (nSPS) is 13.1. The number of aryl methyl sites for hydroxylation is 1. The average Bonchev–Trinajstić information content (AvgIpc) is 3.26. The van der Waals surface area contributed by atoms with E-state index in [4.69, 9.17) is 16.3 Å². The van der Waals surface area contributed by atoms with Gasteiger partial charge in [0.2, 0.25) is 0 Å². The van der Waals surface area contributed by atoms with Gasteiger partial charge in [0.1, 0.15) is 5.52 Å². The molecule has 2 aromatic heterocycles. The van der Waals surface area contributed by atoms with Gasteiger partial charge in [-0.25, -0.2) is 17.2 Å². The van der Waals surface area contributed by atoms with Crippen molar-refractivity contribution in [3.05, 3.63) is 87.4 Å². The standard InChI is InChI=1S/C27H27ClN2O6S/c1-16-6-12-19(13-7-16)37(34,35)30-15-14-20-21(17-8-10-18(28)11-9-17)23(29(5)25(31)22(20)30)24(26(32)33)36-27(2,3)4/h6-15,24H,1-5H3,(H,32,33). The lowest BCUT2D eigenvalue weighted by molar-refractivity contribution is -0.161. The zero-order valence-corrected chi connectivity index (χ0v) is 22.6. The van der Waals surface area contributed by atoms with Crippen LogP contribution < -0.4 is 5.56 Å². The molecule has 0 fully saturated rings. The van der Waals surface area contributed by atoms with Crippen LogP contribution in [0.4, 0.5) is 0 Å². The number of carbonyl (C=O) groups is 1. The van der Waals surface area contributed by atoms with Gasteiger partial charge in [-0.05, 0) is 63.6 Å². The quantitative estimate of drug-likeness (QED) is 0.361. The second kappa shape index (κ2) is 9.48. The summed E-state index contributed by atoms with van der Waals surface area (Å²) in [6, 6.07) is 14.5. The third-order valence-electron chi connectivity index (χ3n) is 5.90. The second-order valence-corrected chi connectivity index (χ2v) is 12.0. The van der Waals surface area contributed by atoms with Gasteiger partial charge in [-0.15, -0.1) is 0 Å². The molecule has 10 heteroatoms. The Bertz CT molecular complexity index is 1660. The van der Waals surface area contributed by atoms with E-state index in [9.17, 15) is 23.1 Å². The third-order valence-corrected chi connectivity index (χ3v) is 7.84. The minimum atomic E-state index is -4.13. The smallest absolute Gasteiger partial charge is 0.339 e. The van der Waals surface area contributed by atoms with Crippen molar-refractivity contribution in [2.24, 2.45) is 7.05 Å². The first-order chi connectivity index (χ1) is 17.2. The molecule has 4 aromatic rings. The lowest BCUT2D eigenvalue weighted by atomic mass is 9.96. The van der Waals surface area contributed by atoms with E-state index in [-0.39, 0.29) is 21.5 Å². The van der Waals surface area contributed by atoms with Crippen LogP contribution in [0, 0.1) is 6.92 Å². The summed E-state index contributed by atoms with van der Waals surface area (Å²) in [7, 11) is -2.72. The van der Waals surface area contributed by atoms with Gasteiger partial charge in [0.25, 0.3) is 15.6 Å². The predicted molar refractivity (Wildman–Crippen MR) is 143 cm³/mol. The zero-order chi connectivity index (χ0) is 27.3. The van der Waals surface area contributed by atoms with E-state index in [0.717, 1.165) is 14.1 Å². The highest BCUT2D eigenvalue weighted by Crippen LogP contribution is 2.38. The summed E-state index contributed by atoms with van der Waals surface area (Å²) in [5.41, 5.74) is 0.265. The summed E-state index contributed by atoms with van der Waals surface area (Å²) in [5.74, 6) is -1.29. The van der Waals surface area contributed by atoms with Crippen molar-refractivity contribution in [1.82, 2.24) is 8.54 Å². The number of halogens is 1. The first-order valence-electron chi connectivity index (χ1n) is 11.4. The molecule has 1 N–H and O–H groups in total. The van der Waals surface area contributed by atoms with Crippen LogP contribution in [0.5, 0.6) is 0 Å². The molecule has 0 amide bonds. The van der Waals surface area contributed by atoms with Crippen LogP contribution >= 0.6 is 11.6 Å². The number of aromatic nitrogens is 2. The van der Waals surface area contributed by atoms with Crippen LogP contribution in [0.25, 0.3) is 22.0 Å². The van der Waals surface area contributed by atoms with Crippen molar-refractivity contribution >= 4 is 38.5 Å². The Morgan fingerprint density at radius 3 is 2.16 bits per heavy atom. The number of carboxylic acids is 1. The maximum absolute atomic E-state index is 13.7. The van der Waals surface area contributed by atoms with E-state index in [0.29, 0.717) is 16.1 Å². The summed E-state index contributed by atoms with van der Waals surface area (Å²) in [4.78, 5) is 26.2. The summed E-state index contributed by atoms with van der Waals surface area (Å²) >= 11 is 6.10. The Kier molecular flexibility index (Phi) is 6.83. The lowest BCUT2D eigenvalue weighted by Crippen LogP contribution is -2.33. The number of fused-ring (bicyclic) bond motifs is 1. The molecule has 0 aliphatic rings. The molecule has 37 heavy (non-hydrogen) atoms. The molecule has 0 bridgehead atoms. The van der Waals surface area contributed by atoms with E-state index in [2.05, 4.69) is 0 Å². The van der Waals surface area contributed by atoms with Crippen molar-refractivity contribution in [3.63, 3.8) is 0 Å². The van der Waals surface area contributed by atoms with Crippen molar-refractivity contribution in [2.45, 2.75) is 44.3 Å². The molecule has 1 unspecified atom stereocenters. The van der Waals surface area contributed by atoms with Gasteiger partial charge in [0.15, 0.2) is 6.10 Å². The minimum absolute atomic E-state index is 0.0225. The number of hydrogen-bond acceptors (Lipinski definition) is 5. The fourth-order valence-electron chi connectivity index (χ4n) is 4.23. The highest BCUT2D eigenvalue weighted by atomic mass is 35.5. The van der Waals surface area contributed by atoms with Crippen LogP contribution in [0.1, 0.15) is 38.1 Å². The van der Waals surface area contributed by atoms with Gasteiger partial charge in [0.05, 0.1) is 16.2 Å². The minimum Gasteiger partial charge on any atom is -0.479 e. The fourth-order valence-corrected chi connectivity index (χ4v) is 5.70. The largest absolute Gasteiger partial charge is 0.479 e. The molecule has 0 spiro atoms. The Labute approximate surface area is 219 Å². The third kappa shape index (κ3) is 4.94. The van der Waals surface area contributed by atoms with Gasteiger partial charge >= 0.3 is 5.97 Å². The van der Waals surface area contributed by atoms with E-state index in [1.54, 1.807) is 57.2 Å². The molecule has 8 nitrogen and oxygen atoms in total. The summed E-state index contributed by atoms with van der Waals surface area (Å²) in [5, 5.41) is 10.9. The first kappa shape index (κ1) is 26.7. The van der Waals surface area contributed by atoms with Crippen molar-refractivity contribution in [2.75, 3.05) is 0 Å². The van der Waals surface area contributed by atoms with Gasteiger partial charge in [-0.1, -0.05) is 41.4 Å². The Morgan fingerprint density at radius 1 is 1.03 bits per heavy atom. The maximum Gasteiger partial charge on any atom is 0.339 e. The van der Waals surface area contributed by atoms with Crippen LogP contribution in [-0.4, -0.2) is 33.6 Å². The van der Waals surface area contributed by atoms with Gasteiger partial charge in [-0.2, -0.15) is 0 Å². The molecule has 1 atom stereocenters. The van der Waals surface area contributed by atoms with Crippen LogP contribution in [0.2, 0.25) is 5.02 Å².